The minimum atomic E-state index is -4.30. The molecule has 2 heterocycles. The van der Waals surface area contributed by atoms with Gasteiger partial charge in [-0.3, -0.25) is 9.67 Å². The van der Waals surface area contributed by atoms with E-state index in [-0.39, 0.29) is 5.52 Å². The number of hydrogen-bond donors (Lipinski definition) is 1. The smallest absolute Gasteiger partial charge is 0.397 e. The number of hydrogen-bond acceptors (Lipinski definition) is 3. The Labute approximate surface area is 82.5 Å². The second-order valence-electron chi connectivity index (χ2n) is 3.08. The summed E-state index contributed by atoms with van der Waals surface area (Å²) in [5.74, 6) is 0. The molecule has 0 atom stereocenters. The summed E-state index contributed by atoms with van der Waals surface area (Å²) in [5.41, 5.74) is 6.14. The molecule has 0 amide bonds. The molecular formula is C8H7F3N4. The van der Waals surface area contributed by atoms with Crippen LogP contribution in [-0.4, -0.2) is 20.9 Å². The van der Waals surface area contributed by atoms with Crippen molar-refractivity contribution in [3.63, 3.8) is 0 Å². The van der Waals surface area contributed by atoms with Gasteiger partial charge in [0, 0.05) is 5.39 Å². The molecule has 4 nitrogen and oxygen atoms in total. The molecule has 0 saturated heterocycles. The average molecular weight is 216 g/mol. The van der Waals surface area contributed by atoms with Crippen LogP contribution >= 0.6 is 0 Å². The fourth-order valence-electron chi connectivity index (χ4n) is 1.31. The Balaban J connectivity index is 2.50. The number of rotatable bonds is 1. The third kappa shape index (κ3) is 1.85. The zero-order valence-corrected chi connectivity index (χ0v) is 7.49. The minimum Gasteiger partial charge on any atom is -0.397 e. The van der Waals surface area contributed by atoms with Crippen molar-refractivity contribution in [2.24, 2.45) is 0 Å². The highest BCUT2D eigenvalue weighted by molar-refractivity contribution is 5.88. The molecule has 2 aromatic heterocycles. The van der Waals surface area contributed by atoms with Crippen molar-refractivity contribution in [3.05, 3.63) is 18.6 Å². The summed E-state index contributed by atoms with van der Waals surface area (Å²) in [6, 6.07) is 0. The Morgan fingerprint density at radius 3 is 2.67 bits per heavy atom. The number of fused-ring (bicyclic) bond motifs is 1. The van der Waals surface area contributed by atoms with E-state index in [2.05, 4.69) is 10.1 Å². The first-order valence-corrected chi connectivity index (χ1v) is 4.09. The first kappa shape index (κ1) is 9.75. The Morgan fingerprint density at radius 2 is 2.00 bits per heavy atom. The van der Waals surface area contributed by atoms with Gasteiger partial charge >= 0.3 is 6.18 Å². The maximum Gasteiger partial charge on any atom is 0.408 e. The molecule has 0 aromatic carbocycles. The predicted molar refractivity (Wildman–Crippen MR) is 48.0 cm³/mol. The summed E-state index contributed by atoms with van der Waals surface area (Å²) >= 11 is 0. The molecule has 0 radical (unpaired) electrons. The van der Waals surface area contributed by atoms with Crippen LogP contribution in [0.3, 0.4) is 0 Å². The molecule has 80 valence electrons. The van der Waals surface area contributed by atoms with Crippen molar-refractivity contribution in [1.29, 1.82) is 0 Å². The van der Waals surface area contributed by atoms with Crippen LogP contribution in [-0.2, 0) is 6.54 Å². The number of nitrogens with two attached hydrogens (primary N) is 1. The molecule has 0 spiro atoms. The van der Waals surface area contributed by atoms with Crippen LogP contribution in [0.5, 0.6) is 0 Å². The fraction of sp³-hybridized carbons (Fsp3) is 0.250. The Hall–Kier alpha value is -1.79. The third-order valence-corrected chi connectivity index (χ3v) is 1.93. The largest absolute Gasteiger partial charge is 0.408 e. The van der Waals surface area contributed by atoms with Crippen LogP contribution < -0.4 is 5.73 Å². The van der Waals surface area contributed by atoms with E-state index >= 15 is 0 Å². The van der Waals surface area contributed by atoms with E-state index in [4.69, 9.17) is 5.73 Å². The van der Waals surface area contributed by atoms with Gasteiger partial charge in [-0.2, -0.15) is 18.3 Å². The number of anilines is 1. The summed E-state index contributed by atoms with van der Waals surface area (Å²) < 4.78 is 37.2. The van der Waals surface area contributed by atoms with E-state index < -0.39 is 12.7 Å². The average Bonchev–Trinajstić information content (AvgIpc) is 2.48. The van der Waals surface area contributed by atoms with Crippen molar-refractivity contribution in [2.45, 2.75) is 12.7 Å². The van der Waals surface area contributed by atoms with Gasteiger partial charge in [0.2, 0.25) is 0 Å². The monoisotopic (exact) mass is 216 g/mol. The van der Waals surface area contributed by atoms with Gasteiger partial charge in [-0.15, -0.1) is 0 Å². The van der Waals surface area contributed by atoms with Crippen LogP contribution in [0.4, 0.5) is 18.9 Å². The van der Waals surface area contributed by atoms with E-state index in [1.165, 1.54) is 18.6 Å². The van der Waals surface area contributed by atoms with Gasteiger partial charge < -0.3 is 5.73 Å². The van der Waals surface area contributed by atoms with Crippen LogP contribution in [0.2, 0.25) is 0 Å². The van der Waals surface area contributed by atoms with Crippen LogP contribution in [0.25, 0.3) is 10.9 Å². The number of nitrogen functional groups attached to an aromatic ring is 1. The summed E-state index contributed by atoms with van der Waals surface area (Å²) in [4.78, 5) is 3.72. The topological polar surface area (TPSA) is 56.7 Å². The van der Waals surface area contributed by atoms with E-state index in [9.17, 15) is 13.2 Å². The third-order valence-electron chi connectivity index (χ3n) is 1.93. The van der Waals surface area contributed by atoms with Gasteiger partial charge in [0.25, 0.3) is 0 Å². The van der Waals surface area contributed by atoms with Crippen molar-refractivity contribution in [3.8, 4) is 0 Å². The zero-order chi connectivity index (χ0) is 11.1. The summed E-state index contributed by atoms with van der Waals surface area (Å²) in [5, 5.41) is 4.10. The van der Waals surface area contributed by atoms with Crippen molar-refractivity contribution in [1.82, 2.24) is 14.8 Å². The molecule has 2 aromatic rings. The first-order valence-electron chi connectivity index (χ1n) is 4.09. The van der Waals surface area contributed by atoms with E-state index in [0.29, 0.717) is 11.1 Å². The molecule has 0 aliphatic rings. The molecule has 2 rings (SSSR count). The summed E-state index contributed by atoms with van der Waals surface area (Å²) in [7, 11) is 0. The maximum absolute atomic E-state index is 12.1. The molecule has 0 bridgehead atoms. The molecule has 7 heteroatoms. The molecule has 15 heavy (non-hydrogen) atoms. The van der Waals surface area contributed by atoms with E-state index in [0.717, 1.165) is 4.68 Å². The van der Waals surface area contributed by atoms with Crippen molar-refractivity contribution >= 4 is 16.6 Å². The number of nitrogens with zero attached hydrogens (tertiary/aromatic N) is 3. The molecular weight excluding hydrogens is 209 g/mol. The molecule has 2 N–H and O–H groups in total. The molecule has 0 aliphatic heterocycles. The summed E-state index contributed by atoms with van der Waals surface area (Å²) in [6.07, 6.45) is -0.311. The second-order valence-corrected chi connectivity index (χ2v) is 3.08. The Morgan fingerprint density at radius 1 is 1.27 bits per heavy atom. The van der Waals surface area contributed by atoms with Crippen LogP contribution in [0.1, 0.15) is 0 Å². The summed E-state index contributed by atoms with van der Waals surface area (Å²) in [6.45, 7) is -1.14. The lowest BCUT2D eigenvalue weighted by molar-refractivity contribution is -0.141. The number of aromatic nitrogens is 3. The Kier molecular flexibility index (Phi) is 2.02. The van der Waals surface area contributed by atoms with Gasteiger partial charge in [0.15, 0.2) is 0 Å². The van der Waals surface area contributed by atoms with Crippen molar-refractivity contribution < 1.29 is 13.2 Å². The number of pyridine rings is 1. The number of halogens is 3. The van der Waals surface area contributed by atoms with E-state index in [1.807, 2.05) is 0 Å². The lowest BCUT2D eigenvalue weighted by Gasteiger charge is -2.07. The van der Waals surface area contributed by atoms with Gasteiger partial charge in [0.05, 0.1) is 29.8 Å². The fourth-order valence-corrected chi connectivity index (χ4v) is 1.31. The first-order chi connectivity index (χ1) is 6.97. The molecule has 0 unspecified atom stereocenters. The molecule has 0 saturated carbocycles. The van der Waals surface area contributed by atoms with Crippen LogP contribution in [0.15, 0.2) is 18.6 Å². The molecule has 0 aliphatic carbocycles. The van der Waals surface area contributed by atoms with E-state index in [1.54, 1.807) is 0 Å². The van der Waals surface area contributed by atoms with Gasteiger partial charge in [-0.25, -0.2) is 0 Å². The lowest BCUT2D eigenvalue weighted by Crippen LogP contribution is -2.18. The SMILES string of the molecule is Nc1cncc2c1cnn2CC(F)(F)F. The zero-order valence-electron chi connectivity index (χ0n) is 7.49. The standard InChI is InChI=1S/C8H7F3N4/c9-8(10,11)4-15-7-3-13-2-6(12)5(7)1-14-15/h1-3H,4,12H2. The number of alkyl halides is 3. The molecule has 0 fully saturated rings. The Bertz CT molecular complexity index is 488. The highest BCUT2D eigenvalue weighted by Gasteiger charge is 2.29. The van der Waals surface area contributed by atoms with Gasteiger partial charge in [-0.05, 0) is 0 Å². The second kappa shape index (κ2) is 3.11. The van der Waals surface area contributed by atoms with Gasteiger partial charge in [-0.1, -0.05) is 0 Å². The highest BCUT2D eigenvalue weighted by Crippen LogP contribution is 2.23. The highest BCUT2D eigenvalue weighted by atomic mass is 19.4. The maximum atomic E-state index is 12.1. The van der Waals surface area contributed by atoms with Crippen molar-refractivity contribution in [2.75, 3.05) is 5.73 Å². The minimum absolute atomic E-state index is 0.285. The quantitative estimate of drug-likeness (QED) is 0.787. The normalized spacial score (nSPS) is 12.2. The van der Waals surface area contributed by atoms with Gasteiger partial charge in [0.1, 0.15) is 6.54 Å². The van der Waals surface area contributed by atoms with Crippen LogP contribution in [0, 0.1) is 0 Å². The lowest BCUT2D eigenvalue weighted by atomic mass is 10.3. The predicted octanol–water partition coefficient (Wildman–Crippen LogP) is 1.58.